The molecule has 0 spiro atoms. The fraction of sp³-hybridized carbons (Fsp3) is 0.429. The third kappa shape index (κ3) is 3.70. The van der Waals surface area contributed by atoms with Crippen molar-refractivity contribution in [1.82, 2.24) is 14.9 Å². The van der Waals surface area contributed by atoms with Gasteiger partial charge in [0.1, 0.15) is 10.9 Å². The van der Waals surface area contributed by atoms with Gasteiger partial charge >= 0.3 is 5.97 Å². The van der Waals surface area contributed by atoms with Gasteiger partial charge in [-0.3, -0.25) is 14.2 Å². The van der Waals surface area contributed by atoms with Gasteiger partial charge in [-0.2, -0.15) is 0 Å². The Bertz CT molecular complexity index is 737. The minimum atomic E-state index is -0.707. The highest BCUT2D eigenvalue weighted by molar-refractivity contribution is 7.16. The number of hydrogen-bond acceptors (Lipinski definition) is 6. The molecule has 0 fully saturated rings. The molecule has 2 aromatic rings. The van der Waals surface area contributed by atoms with E-state index in [-0.39, 0.29) is 31.0 Å². The first kappa shape index (κ1) is 16.2. The summed E-state index contributed by atoms with van der Waals surface area (Å²) in [5, 5.41) is 4.89. The van der Waals surface area contributed by atoms with Crippen LogP contribution in [0, 0.1) is 0 Å². The third-order valence-electron chi connectivity index (χ3n) is 3.05. The van der Waals surface area contributed by atoms with E-state index >= 15 is 0 Å². The van der Waals surface area contributed by atoms with Crippen LogP contribution in [0.1, 0.15) is 20.3 Å². The van der Waals surface area contributed by atoms with Crippen LogP contribution in [0.2, 0.25) is 0 Å². The topological polar surface area (TPSA) is 90.3 Å². The van der Waals surface area contributed by atoms with Crippen molar-refractivity contribution < 1.29 is 14.3 Å². The van der Waals surface area contributed by atoms with Gasteiger partial charge in [-0.1, -0.05) is 0 Å². The Morgan fingerprint density at radius 1 is 1.50 bits per heavy atom. The summed E-state index contributed by atoms with van der Waals surface area (Å²) in [5.74, 6) is -0.799. The van der Waals surface area contributed by atoms with Gasteiger partial charge in [0.2, 0.25) is 5.91 Å². The Labute approximate surface area is 130 Å². The molecule has 0 saturated carbocycles. The van der Waals surface area contributed by atoms with Crippen molar-refractivity contribution >= 4 is 33.4 Å². The summed E-state index contributed by atoms with van der Waals surface area (Å²) >= 11 is 1.40. The normalized spacial score (nSPS) is 12.1. The first-order valence-electron chi connectivity index (χ1n) is 6.91. The molecule has 0 aliphatic heterocycles. The first-order valence-corrected chi connectivity index (χ1v) is 7.79. The Kier molecular flexibility index (Phi) is 5.26. The molecule has 8 heteroatoms. The highest BCUT2D eigenvalue weighted by Crippen LogP contribution is 2.13. The van der Waals surface area contributed by atoms with Crippen LogP contribution in [0.25, 0.3) is 10.2 Å². The van der Waals surface area contributed by atoms with Gasteiger partial charge in [-0.15, -0.1) is 11.3 Å². The minimum absolute atomic E-state index is 0.0843. The van der Waals surface area contributed by atoms with E-state index in [1.807, 2.05) is 0 Å². The van der Waals surface area contributed by atoms with Crippen molar-refractivity contribution in [3.63, 3.8) is 0 Å². The molecule has 1 amide bonds. The summed E-state index contributed by atoms with van der Waals surface area (Å²) in [7, 11) is 0. The number of thiophene rings is 1. The lowest BCUT2D eigenvalue weighted by Gasteiger charge is -2.12. The second kappa shape index (κ2) is 7.17. The number of rotatable bonds is 6. The van der Waals surface area contributed by atoms with E-state index in [4.69, 9.17) is 4.74 Å². The molecule has 2 heterocycles. The standard InChI is InChI=1S/C14H17N3O4S/c1-3-21-14(20)9(2)16-11(18)4-6-17-8-15-12-10(13(17)19)5-7-22-12/h5,7-9H,3-4,6H2,1-2H3,(H,16,18). The van der Waals surface area contributed by atoms with Crippen molar-refractivity contribution in [3.05, 3.63) is 28.1 Å². The number of fused-ring (bicyclic) bond motifs is 1. The van der Waals surface area contributed by atoms with E-state index in [0.29, 0.717) is 10.2 Å². The van der Waals surface area contributed by atoms with Crippen molar-refractivity contribution in [2.24, 2.45) is 0 Å². The van der Waals surface area contributed by atoms with Crippen molar-refractivity contribution in [1.29, 1.82) is 0 Å². The number of aromatic nitrogens is 2. The van der Waals surface area contributed by atoms with Crippen molar-refractivity contribution in [2.75, 3.05) is 6.61 Å². The summed E-state index contributed by atoms with van der Waals surface area (Å²) in [5.41, 5.74) is -0.169. The van der Waals surface area contributed by atoms with Crippen LogP contribution in [0.15, 0.2) is 22.6 Å². The van der Waals surface area contributed by atoms with E-state index in [1.54, 1.807) is 25.3 Å². The Hall–Kier alpha value is -2.22. The lowest BCUT2D eigenvalue weighted by atomic mass is 10.3. The molecule has 0 aliphatic rings. The molecule has 1 N–H and O–H groups in total. The zero-order chi connectivity index (χ0) is 16.1. The largest absolute Gasteiger partial charge is 0.464 e. The number of ether oxygens (including phenoxy) is 1. The summed E-state index contributed by atoms with van der Waals surface area (Å²) < 4.78 is 6.20. The summed E-state index contributed by atoms with van der Waals surface area (Å²) in [6.07, 6.45) is 1.52. The molecule has 7 nitrogen and oxygen atoms in total. The molecule has 22 heavy (non-hydrogen) atoms. The fourth-order valence-electron chi connectivity index (χ4n) is 1.91. The van der Waals surface area contributed by atoms with Gasteiger partial charge in [-0.05, 0) is 25.3 Å². The molecule has 1 atom stereocenters. The lowest BCUT2D eigenvalue weighted by Crippen LogP contribution is -2.40. The van der Waals surface area contributed by atoms with Crippen LogP contribution >= 0.6 is 11.3 Å². The summed E-state index contributed by atoms with van der Waals surface area (Å²) in [6, 6.07) is 1.01. The molecule has 0 saturated heterocycles. The van der Waals surface area contributed by atoms with Gasteiger partial charge in [-0.25, -0.2) is 9.78 Å². The average molecular weight is 323 g/mol. The number of carbonyl (C=O) groups is 2. The highest BCUT2D eigenvalue weighted by atomic mass is 32.1. The molecule has 1 unspecified atom stereocenters. The average Bonchev–Trinajstić information content (AvgIpc) is 2.96. The smallest absolute Gasteiger partial charge is 0.328 e. The van der Waals surface area contributed by atoms with Crippen LogP contribution in [0.3, 0.4) is 0 Å². The zero-order valence-corrected chi connectivity index (χ0v) is 13.2. The highest BCUT2D eigenvalue weighted by Gasteiger charge is 2.16. The number of amides is 1. The van der Waals surface area contributed by atoms with Gasteiger partial charge in [0, 0.05) is 13.0 Å². The first-order chi connectivity index (χ1) is 10.5. The molecule has 2 aromatic heterocycles. The Balaban J connectivity index is 1.94. The number of nitrogens with one attached hydrogen (secondary N) is 1. The molecular formula is C14H17N3O4S. The third-order valence-corrected chi connectivity index (χ3v) is 3.87. The SMILES string of the molecule is CCOC(=O)C(C)NC(=O)CCn1cnc2sccc2c1=O. The summed E-state index contributed by atoms with van der Waals surface area (Å²) in [6.45, 7) is 3.73. The van der Waals surface area contributed by atoms with Gasteiger partial charge in [0.25, 0.3) is 5.56 Å². The second-order valence-corrected chi connectivity index (χ2v) is 5.57. The lowest BCUT2D eigenvalue weighted by molar-refractivity contribution is -0.146. The number of carbonyl (C=O) groups excluding carboxylic acids is 2. The van der Waals surface area contributed by atoms with Crippen LogP contribution in [-0.4, -0.2) is 34.1 Å². The monoisotopic (exact) mass is 323 g/mol. The minimum Gasteiger partial charge on any atom is -0.464 e. The van der Waals surface area contributed by atoms with Gasteiger partial charge < -0.3 is 10.1 Å². The molecule has 2 rings (SSSR count). The van der Waals surface area contributed by atoms with E-state index in [1.165, 1.54) is 22.2 Å². The predicted molar refractivity (Wildman–Crippen MR) is 82.7 cm³/mol. The quantitative estimate of drug-likeness (QED) is 0.798. The molecule has 0 aromatic carbocycles. The Morgan fingerprint density at radius 3 is 3.00 bits per heavy atom. The second-order valence-electron chi connectivity index (χ2n) is 4.67. The fourth-order valence-corrected chi connectivity index (χ4v) is 2.64. The van der Waals surface area contributed by atoms with Gasteiger partial charge in [0.05, 0.1) is 18.3 Å². The van der Waals surface area contributed by atoms with Gasteiger partial charge in [0.15, 0.2) is 0 Å². The van der Waals surface area contributed by atoms with E-state index in [0.717, 1.165) is 0 Å². The molecule has 0 bridgehead atoms. The van der Waals surface area contributed by atoms with Crippen LogP contribution in [0.5, 0.6) is 0 Å². The maximum absolute atomic E-state index is 12.1. The van der Waals surface area contributed by atoms with Crippen LogP contribution in [-0.2, 0) is 20.9 Å². The maximum Gasteiger partial charge on any atom is 0.328 e. The van der Waals surface area contributed by atoms with Crippen LogP contribution in [0.4, 0.5) is 0 Å². The zero-order valence-electron chi connectivity index (χ0n) is 12.4. The predicted octanol–water partition coefficient (Wildman–Crippen LogP) is 0.916. The molecule has 118 valence electrons. The van der Waals surface area contributed by atoms with E-state index in [2.05, 4.69) is 10.3 Å². The molecular weight excluding hydrogens is 306 g/mol. The number of nitrogens with zero attached hydrogens (tertiary/aromatic N) is 2. The molecule has 0 radical (unpaired) electrons. The number of aryl methyl sites for hydroxylation is 1. The van der Waals surface area contributed by atoms with Crippen molar-refractivity contribution in [2.45, 2.75) is 32.9 Å². The van der Waals surface area contributed by atoms with E-state index < -0.39 is 12.0 Å². The molecule has 0 aliphatic carbocycles. The Morgan fingerprint density at radius 2 is 2.27 bits per heavy atom. The summed E-state index contributed by atoms with van der Waals surface area (Å²) in [4.78, 5) is 40.2. The van der Waals surface area contributed by atoms with E-state index in [9.17, 15) is 14.4 Å². The maximum atomic E-state index is 12.1. The number of esters is 1. The number of hydrogen-bond donors (Lipinski definition) is 1. The van der Waals surface area contributed by atoms with Crippen molar-refractivity contribution in [3.8, 4) is 0 Å². The van der Waals surface area contributed by atoms with Crippen LogP contribution < -0.4 is 10.9 Å².